The molecular formula is C27H29NO4S. The Morgan fingerprint density at radius 1 is 0.939 bits per heavy atom. The van der Waals surface area contributed by atoms with E-state index in [2.05, 4.69) is 0 Å². The minimum absolute atomic E-state index is 0.277. The Morgan fingerprint density at radius 2 is 1.52 bits per heavy atom. The standard InChI is InChI=1S/C27H29NO4S/c1-27(2)31-20-24(32-27)26(28-19-22-14-8-4-9-15-22)25(18-21-12-6-3-7-13-21)33(29,30)23-16-10-5-11-17-23/h3-17,19,24-26H,18,20H2,1-2H3/t24-,25-,26+/m1/s1. The monoisotopic (exact) mass is 463 g/mol. The molecule has 0 bridgehead atoms. The molecule has 0 spiro atoms. The molecule has 0 aliphatic carbocycles. The molecule has 5 nitrogen and oxygen atoms in total. The molecule has 1 fully saturated rings. The molecular weight excluding hydrogens is 434 g/mol. The quantitative estimate of drug-likeness (QED) is 0.454. The normalized spacial score (nSPS) is 20.0. The predicted molar refractivity (Wildman–Crippen MR) is 130 cm³/mol. The van der Waals surface area contributed by atoms with Gasteiger partial charge in [-0.25, -0.2) is 8.42 Å². The Labute approximate surface area is 196 Å². The first-order valence-electron chi connectivity index (χ1n) is 11.1. The zero-order chi connectivity index (χ0) is 23.3. The Morgan fingerprint density at radius 3 is 2.09 bits per heavy atom. The maximum Gasteiger partial charge on any atom is 0.183 e. The van der Waals surface area contributed by atoms with Crippen LogP contribution in [0.1, 0.15) is 25.0 Å². The summed E-state index contributed by atoms with van der Waals surface area (Å²) in [7, 11) is -3.73. The molecule has 0 aromatic heterocycles. The van der Waals surface area contributed by atoms with Crippen LogP contribution in [0.5, 0.6) is 0 Å². The lowest BCUT2D eigenvalue weighted by molar-refractivity contribution is -0.140. The van der Waals surface area contributed by atoms with Crippen LogP contribution in [0.15, 0.2) is 101 Å². The molecule has 0 amide bonds. The van der Waals surface area contributed by atoms with E-state index in [0.717, 1.165) is 11.1 Å². The maximum atomic E-state index is 13.9. The fourth-order valence-corrected chi connectivity index (χ4v) is 5.98. The van der Waals surface area contributed by atoms with E-state index in [9.17, 15) is 8.42 Å². The molecule has 1 aliphatic rings. The third kappa shape index (κ3) is 5.77. The summed E-state index contributed by atoms with van der Waals surface area (Å²) in [5.41, 5.74) is 1.83. The molecule has 3 atom stereocenters. The van der Waals surface area contributed by atoms with Gasteiger partial charge in [-0.2, -0.15) is 0 Å². The molecule has 0 saturated carbocycles. The van der Waals surface area contributed by atoms with Crippen LogP contribution in [-0.4, -0.2) is 44.4 Å². The van der Waals surface area contributed by atoms with E-state index < -0.39 is 33.0 Å². The fourth-order valence-electron chi connectivity index (χ4n) is 4.07. The van der Waals surface area contributed by atoms with Crippen LogP contribution in [0.3, 0.4) is 0 Å². The van der Waals surface area contributed by atoms with Crippen molar-refractivity contribution in [1.82, 2.24) is 0 Å². The summed E-state index contributed by atoms with van der Waals surface area (Å²) in [4.78, 5) is 5.10. The van der Waals surface area contributed by atoms with Gasteiger partial charge in [0.2, 0.25) is 0 Å². The minimum atomic E-state index is -3.73. The highest BCUT2D eigenvalue weighted by Gasteiger charge is 2.45. The van der Waals surface area contributed by atoms with E-state index in [-0.39, 0.29) is 11.5 Å². The van der Waals surface area contributed by atoms with Gasteiger partial charge in [0, 0.05) is 6.21 Å². The van der Waals surface area contributed by atoms with Gasteiger partial charge in [-0.3, -0.25) is 4.99 Å². The molecule has 0 N–H and O–H groups in total. The summed E-state index contributed by atoms with van der Waals surface area (Å²) in [6, 6.07) is 27.2. The van der Waals surface area contributed by atoms with Gasteiger partial charge in [0.15, 0.2) is 15.6 Å². The van der Waals surface area contributed by atoms with Gasteiger partial charge in [-0.1, -0.05) is 78.9 Å². The Balaban J connectivity index is 1.78. The number of sulfone groups is 1. The number of hydrogen-bond acceptors (Lipinski definition) is 5. The lowest BCUT2D eigenvalue weighted by atomic mass is 10.0. The van der Waals surface area contributed by atoms with Crippen molar-refractivity contribution in [3.05, 3.63) is 102 Å². The zero-order valence-electron chi connectivity index (χ0n) is 18.9. The van der Waals surface area contributed by atoms with Crippen LogP contribution in [0, 0.1) is 0 Å². The second kappa shape index (κ2) is 10.00. The first-order chi connectivity index (χ1) is 15.9. The maximum absolute atomic E-state index is 13.9. The molecule has 1 saturated heterocycles. The number of benzene rings is 3. The molecule has 172 valence electrons. The Hall–Kier alpha value is -2.80. The first-order valence-corrected chi connectivity index (χ1v) is 12.6. The van der Waals surface area contributed by atoms with Crippen LogP contribution in [-0.2, 0) is 25.7 Å². The van der Waals surface area contributed by atoms with Crippen molar-refractivity contribution in [1.29, 1.82) is 0 Å². The average Bonchev–Trinajstić information content (AvgIpc) is 3.19. The molecule has 0 unspecified atom stereocenters. The van der Waals surface area contributed by atoms with E-state index in [1.807, 2.05) is 80.6 Å². The lowest BCUT2D eigenvalue weighted by Crippen LogP contribution is -2.44. The van der Waals surface area contributed by atoms with Crippen molar-refractivity contribution in [2.24, 2.45) is 4.99 Å². The average molecular weight is 464 g/mol. The van der Waals surface area contributed by atoms with E-state index >= 15 is 0 Å². The van der Waals surface area contributed by atoms with Gasteiger partial charge in [0.25, 0.3) is 0 Å². The first kappa shape index (κ1) is 23.4. The van der Waals surface area contributed by atoms with E-state index in [4.69, 9.17) is 14.5 Å². The summed E-state index contributed by atoms with van der Waals surface area (Å²) in [5.74, 6) is -0.793. The van der Waals surface area contributed by atoms with Gasteiger partial charge in [-0.15, -0.1) is 0 Å². The molecule has 1 aliphatic heterocycles. The van der Waals surface area contributed by atoms with Crippen molar-refractivity contribution in [2.75, 3.05) is 6.61 Å². The Kier molecular flexibility index (Phi) is 7.08. The SMILES string of the molecule is CC1(C)OC[C@H]([C@H](N=Cc2ccccc2)[C@@H](Cc2ccccc2)S(=O)(=O)c2ccccc2)O1. The fraction of sp³-hybridized carbons (Fsp3) is 0.296. The van der Waals surface area contributed by atoms with Gasteiger partial charge >= 0.3 is 0 Å². The van der Waals surface area contributed by atoms with Crippen LogP contribution in [0.2, 0.25) is 0 Å². The number of hydrogen-bond donors (Lipinski definition) is 0. The third-order valence-electron chi connectivity index (χ3n) is 5.74. The van der Waals surface area contributed by atoms with Crippen molar-refractivity contribution in [2.45, 2.75) is 48.3 Å². The molecule has 33 heavy (non-hydrogen) atoms. The predicted octanol–water partition coefficient (Wildman–Crippen LogP) is 4.71. The smallest absolute Gasteiger partial charge is 0.183 e. The number of rotatable bonds is 8. The molecule has 0 radical (unpaired) electrons. The van der Waals surface area contributed by atoms with Crippen LogP contribution in [0.4, 0.5) is 0 Å². The van der Waals surface area contributed by atoms with E-state index in [0.29, 0.717) is 6.42 Å². The van der Waals surface area contributed by atoms with Gasteiger partial charge in [0.05, 0.1) is 22.8 Å². The molecule has 3 aromatic rings. The molecule has 4 rings (SSSR count). The summed E-state index contributed by atoms with van der Waals surface area (Å²) in [5, 5.41) is -0.829. The highest BCUT2D eigenvalue weighted by atomic mass is 32.2. The van der Waals surface area contributed by atoms with Gasteiger partial charge in [0.1, 0.15) is 6.10 Å². The molecule has 3 aromatic carbocycles. The molecule has 6 heteroatoms. The molecule has 1 heterocycles. The van der Waals surface area contributed by atoms with Crippen molar-refractivity contribution in [3.63, 3.8) is 0 Å². The van der Waals surface area contributed by atoms with E-state index in [1.54, 1.807) is 30.5 Å². The number of nitrogens with zero attached hydrogens (tertiary/aromatic N) is 1. The number of aliphatic imine (C=N–C) groups is 1. The van der Waals surface area contributed by atoms with Crippen LogP contribution >= 0.6 is 0 Å². The summed E-state index contributed by atoms with van der Waals surface area (Å²) >= 11 is 0. The van der Waals surface area contributed by atoms with Gasteiger partial charge < -0.3 is 9.47 Å². The van der Waals surface area contributed by atoms with Crippen LogP contribution < -0.4 is 0 Å². The lowest BCUT2D eigenvalue weighted by Gasteiger charge is -2.29. The van der Waals surface area contributed by atoms with Crippen molar-refractivity contribution in [3.8, 4) is 0 Å². The summed E-state index contributed by atoms with van der Waals surface area (Å²) < 4.78 is 39.8. The topological polar surface area (TPSA) is 65.0 Å². The third-order valence-corrected chi connectivity index (χ3v) is 7.91. The van der Waals surface area contributed by atoms with Gasteiger partial charge in [-0.05, 0) is 43.5 Å². The zero-order valence-corrected chi connectivity index (χ0v) is 19.7. The second-order valence-corrected chi connectivity index (χ2v) is 10.8. The van der Waals surface area contributed by atoms with E-state index in [1.165, 1.54) is 0 Å². The summed E-state index contributed by atoms with van der Waals surface area (Å²) in [6.45, 7) is 3.95. The highest BCUT2D eigenvalue weighted by Crippen LogP contribution is 2.32. The van der Waals surface area contributed by atoms with Crippen molar-refractivity contribution < 1.29 is 17.9 Å². The summed E-state index contributed by atoms with van der Waals surface area (Å²) in [6.07, 6.45) is 1.56. The largest absolute Gasteiger partial charge is 0.348 e. The Bertz CT molecular complexity index is 1160. The van der Waals surface area contributed by atoms with Crippen molar-refractivity contribution >= 4 is 16.1 Å². The highest BCUT2D eigenvalue weighted by molar-refractivity contribution is 7.92. The minimum Gasteiger partial charge on any atom is -0.348 e. The van der Waals surface area contributed by atoms with Crippen LogP contribution in [0.25, 0.3) is 0 Å². The second-order valence-electron chi connectivity index (χ2n) is 8.63. The number of ether oxygens (including phenoxy) is 2.